The van der Waals surface area contributed by atoms with Crippen molar-refractivity contribution in [1.29, 1.82) is 5.26 Å². The molecule has 1 aromatic carbocycles. The number of rotatable bonds is 4. The summed E-state index contributed by atoms with van der Waals surface area (Å²) < 4.78 is 0. The van der Waals surface area contributed by atoms with E-state index in [1.54, 1.807) is 6.92 Å². The van der Waals surface area contributed by atoms with E-state index < -0.39 is 12.0 Å². The minimum absolute atomic E-state index is 0.0228. The molecule has 0 heterocycles. The average molecular weight is 330 g/mol. The zero-order valence-electron chi connectivity index (χ0n) is 11.4. The zero-order valence-corrected chi connectivity index (χ0v) is 12.9. The molecule has 2 N–H and O–H groups in total. The Morgan fingerprint density at radius 3 is 2.38 bits per heavy atom. The molecule has 1 unspecified atom stereocenters. The summed E-state index contributed by atoms with van der Waals surface area (Å²) in [6, 6.07) is 3.59. The van der Waals surface area contributed by atoms with Gasteiger partial charge in [0.2, 0.25) is 0 Å². The lowest BCUT2D eigenvalue weighted by Gasteiger charge is -2.23. The van der Waals surface area contributed by atoms with E-state index in [4.69, 9.17) is 33.6 Å². The van der Waals surface area contributed by atoms with Crippen molar-refractivity contribution in [3.8, 4) is 6.07 Å². The van der Waals surface area contributed by atoms with Crippen LogP contribution in [0.4, 0.5) is 10.5 Å². The first-order chi connectivity index (χ1) is 9.77. The number of nitrogens with zero attached hydrogens (tertiary/aromatic N) is 2. The molecule has 6 nitrogen and oxygen atoms in total. The van der Waals surface area contributed by atoms with Crippen molar-refractivity contribution < 1.29 is 14.7 Å². The number of hydrogen-bond acceptors (Lipinski definition) is 3. The second-order valence-corrected chi connectivity index (χ2v) is 5.19. The van der Waals surface area contributed by atoms with Gasteiger partial charge in [-0.25, -0.2) is 9.59 Å². The summed E-state index contributed by atoms with van der Waals surface area (Å²) in [7, 11) is 1.53. The van der Waals surface area contributed by atoms with Crippen LogP contribution >= 0.6 is 23.2 Å². The number of anilines is 1. The fourth-order valence-corrected chi connectivity index (χ4v) is 2.06. The Balaban J connectivity index is 2.96. The van der Waals surface area contributed by atoms with E-state index in [9.17, 15) is 9.59 Å². The number of hydrogen-bond donors (Lipinski definition) is 2. The summed E-state index contributed by atoms with van der Waals surface area (Å²) in [4.78, 5) is 24.2. The molecule has 1 atom stereocenters. The van der Waals surface area contributed by atoms with Crippen LogP contribution < -0.4 is 5.32 Å². The highest BCUT2D eigenvalue weighted by Crippen LogP contribution is 2.32. The van der Waals surface area contributed by atoms with Crippen LogP contribution in [-0.4, -0.2) is 35.1 Å². The summed E-state index contributed by atoms with van der Waals surface area (Å²) in [5.41, 5.74) is 0.0542. The Morgan fingerprint density at radius 2 is 1.95 bits per heavy atom. The number of carboxylic acid groups (broad SMARTS) is 1. The third-order valence-electron chi connectivity index (χ3n) is 2.89. The van der Waals surface area contributed by atoms with Crippen LogP contribution in [0, 0.1) is 11.3 Å². The fourth-order valence-electron chi connectivity index (χ4n) is 1.48. The summed E-state index contributed by atoms with van der Waals surface area (Å²) in [5.74, 6) is -1.17. The van der Waals surface area contributed by atoms with Crippen molar-refractivity contribution in [3.63, 3.8) is 0 Å². The number of halogens is 2. The Kier molecular flexibility index (Phi) is 5.82. The van der Waals surface area contributed by atoms with Gasteiger partial charge in [-0.2, -0.15) is 5.26 Å². The predicted octanol–water partition coefficient (Wildman–Crippen LogP) is 3.46. The van der Waals surface area contributed by atoms with Crippen LogP contribution in [0.3, 0.4) is 0 Å². The quantitative estimate of drug-likeness (QED) is 0.884. The standard InChI is InChI=1S/C13H13Cl2N3O3/c1-7(3-4-16)18(2)13(21)17-11-9(14)5-8(12(19)20)6-10(11)15/h5-7H,3H2,1-2H3,(H,17,21)(H,19,20). The molecule has 0 bridgehead atoms. The maximum atomic E-state index is 12.0. The minimum Gasteiger partial charge on any atom is -0.478 e. The van der Waals surface area contributed by atoms with Gasteiger partial charge >= 0.3 is 12.0 Å². The Bertz CT molecular complexity index is 590. The molecule has 2 amide bonds. The number of urea groups is 1. The number of carbonyl (C=O) groups is 2. The number of carbonyl (C=O) groups excluding carboxylic acids is 1. The average Bonchev–Trinajstić information content (AvgIpc) is 2.41. The molecule has 0 aliphatic rings. The van der Waals surface area contributed by atoms with Gasteiger partial charge in [0.25, 0.3) is 0 Å². The molecule has 21 heavy (non-hydrogen) atoms. The van der Waals surface area contributed by atoms with E-state index in [0.717, 1.165) is 0 Å². The molecule has 0 saturated carbocycles. The van der Waals surface area contributed by atoms with Gasteiger partial charge in [0.1, 0.15) is 0 Å². The normalized spacial score (nSPS) is 11.4. The molecule has 8 heteroatoms. The van der Waals surface area contributed by atoms with Gasteiger partial charge in [-0.1, -0.05) is 23.2 Å². The van der Waals surface area contributed by atoms with Crippen molar-refractivity contribution in [3.05, 3.63) is 27.7 Å². The van der Waals surface area contributed by atoms with Crippen LogP contribution in [0.25, 0.3) is 0 Å². The molecule has 0 aromatic heterocycles. The number of nitriles is 1. The molecule has 0 aliphatic carbocycles. The molecule has 0 aliphatic heterocycles. The molecular formula is C13H13Cl2N3O3. The van der Waals surface area contributed by atoms with Gasteiger partial charge in [-0.3, -0.25) is 0 Å². The summed E-state index contributed by atoms with van der Waals surface area (Å²) >= 11 is 11.9. The van der Waals surface area contributed by atoms with Gasteiger partial charge in [-0.15, -0.1) is 0 Å². The van der Waals surface area contributed by atoms with Crippen LogP contribution in [-0.2, 0) is 0 Å². The largest absolute Gasteiger partial charge is 0.478 e. The number of nitrogens with one attached hydrogen (secondary N) is 1. The summed E-state index contributed by atoms with van der Waals surface area (Å²) in [6.07, 6.45) is 0.184. The molecule has 0 radical (unpaired) electrons. The fraction of sp³-hybridized carbons (Fsp3) is 0.308. The number of aromatic carboxylic acids is 1. The van der Waals surface area contributed by atoms with Crippen LogP contribution in [0.15, 0.2) is 12.1 Å². The van der Waals surface area contributed by atoms with E-state index in [1.165, 1.54) is 24.1 Å². The highest BCUT2D eigenvalue weighted by atomic mass is 35.5. The highest BCUT2D eigenvalue weighted by Gasteiger charge is 2.19. The molecule has 0 spiro atoms. The topological polar surface area (TPSA) is 93.4 Å². The van der Waals surface area contributed by atoms with Crippen molar-refractivity contribution in [2.45, 2.75) is 19.4 Å². The predicted molar refractivity (Wildman–Crippen MR) is 79.9 cm³/mol. The second-order valence-electron chi connectivity index (χ2n) is 4.37. The van der Waals surface area contributed by atoms with Crippen LogP contribution in [0.2, 0.25) is 10.0 Å². The molecule has 1 rings (SSSR count). The first-order valence-corrected chi connectivity index (χ1v) is 6.66. The van der Waals surface area contributed by atoms with E-state index in [0.29, 0.717) is 0 Å². The molecule has 0 saturated heterocycles. The third kappa shape index (κ3) is 4.25. The van der Waals surface area contributed by atoms with Gasteiger partial charge in [-0.05, 0) is 19.1 Å². The van der Waals surface area contributed by atoms with Crippen LogP contribution in [0.5, 0.6) is 0 Å². The van der Waals surface area contributed by atoms with E-state index in [1.807, 2.05) is 6.07 Å². The summed E-state index contributed by atoms with van der Waals surface area (Å²) in [6.45, 7) is 1.72. The smallest absolute Gasteiger partial charge is 0.335 e. The lowest BCUT2D eigenvalue weighted by molar-refractivity contribution is 0.0697. The van der Waals surface area contributed by atoms with E-state index in [-0.39, 0.29) is 33.8 Å². The van der Waals surface area contributed by atoms with Crippen molar-refractivity contribution in [2.24, 2.45) is 0 Å². The van der Waals surface area contributed by atoms with Crippen molar-refractivity contribution in [1.82, 2.24) is 4.90 Å². The SMILES string of the molecule is CC(CC#N)N(C)C(=O)Nc1c(Cl)cc(C(=O)O)cc1Cl. The maximum absolute atomic E-state index is 12.0. The third-order valence-corrected chi connectivity index (χ3v) is 3.49. The van der Waals surface area contributed by atoms with Gasteiger partial charge < -0.3 is 15.3 Å². The molecule has 0 fully saturated rings. The lowest BCUT2D eigenvalue weighted by atomic mass is 10.2. The molecule has 1 aromatic rings. The van der Waals surface area contributed by atoms with Crippen molar-refractivity contribution in [2.75, 3.05) is 12.4 Å². The highest BCUT2D eigenvalue weighted by molar-refractivity contribution is 6.40. The zero-order chi connectivity index (χ0) is 16.2. The Hall–Kier alpha value is -1.97. The Morgan fingerprint density at radius 1 is 1.43 bits per heavy atom. The van der Waals surface area contributed by atoms with Gasteiger partial charge in [0.05, 0.1) is 33.8 Å². The van der Waals surface area contributed by atoms with Gasteiger partial charge in [0.15, 0.2) is 0 Å². The second kappa shape index (κ2) is 7.16. The van der Waals surface area contributed by atoms with E-state index >= 15 is 0 Å². The molecular weight excluding hydrogens is 317 g/mol. The summed E-state index contributed by atoms with van der Waals surface area (Å²) in [5, 5.41) is 20.1. The monoisotopic (exact) mass is 329 g/mol. The maximum Gasteiger partial charge on any atom is 0.335 e. The number of carboxylic acids is 1. The minimum atomic E-state index is -1.17. The van der Waals surface area contributed by atoms with E-state index in [2.05, 4.69) is 5.32 Å². The molecule has 112 valence electrons. The number of benzene rings is 1. The van der Waals surface area contributed by atoms with Gasteiger partial charge in [0, 0.05) is 13.1 Å². The first kappa shape index (κ1) is 17.1. The van der Waals surface area contributed by atoms with Crippen molar-refractivity contribution >= 4 is 40.9 Å². The Labute approximate surface area is 131 Å². The van der Waals surface area contributed by atoms with Crippen LogP contribution in [0.1, 0.15) is 23.7 Å². The lowest BCUT2D eigenvalue weighted by Crippen LogP contribution is -2.38. The first-order valence-electron chi connectivity index (χ1n) is 5.91. The number of amides is 2.